The lowest BCUT2D eigenvalue weighted by molar-refractivity contribution is 0.245. The maximum Gasteiger partial charge on any atom is 0.119 e. The van der Waals surface area contributed by atoms with Crippen molar-refractivity contribution in [2.75, 3.05) is 19.3 Å². The summed E-state index contributed by atoms with van der Waals surface area (Å²) < 4.78 is 0. The fraction of sp³-hybridized carbons (Fsp3) is 0.636. The largest absolute Gasteiger partial charge is 0.329 e. The number of likely N-dealkylation sites (tertiary alicyclic amines) is 1. The molecule has 4 nitrogen and oxygen atoms in total. The van der Waals surface area contributed by atoms with Crippen LogP contribution in [0.1, 0.15) is 18.5 Å². The first-order valence-corrected chi connectivity index (χ1v) is 6.85. The molecule has 0 unspecified atom stereocenters. The second-order valence-electron chi connectivity index (χ2n) is 4.01. The summed E-state index contributed by atoms with van der Waals surface area (Å²) in [7, 11) is 0. The predicted octanol–water partition coefficient (Wildman–Crippen LogP) is 1.12. The van der Waals surface area contributed by atoms with E-state index >= 15 is 0 Å². The number of aromatic nitrogens is 2. The Labute approximate surface area is 101 Å². The van der Waals surface area contributed by atoms with Gasteiger partial charge < -0.3 is 5.73 Å². The Bertz CT molecular complexity index is 345. The van der Waals surface area contributed by atoms with E-state index in [0.29, 0.717) is 6.04 Å². The summed E-state index contributed by atoms with van der Waals surface area (Å²) in [5.41, 5.74) is 6.84. The zero-order chi connectivity index (χ0) is 11.4. The van der Waals surface area contributed by atoms with E-state index in [1.54, 1.807) is 24.2 Å². The molecule has 2 heterocycles. The molecule has 2 N–H and O–H groups in total. The summed E-state index contributed by atoms with van der Waals surface area (Å²) in [4.78, 5) is 11.2. The van der Waals surface area contributed by atoms with Crippen LogP contribution in [0, 0.1) is 0 Å². The van der Waals surface area contributed by atoms with Crippen molar-refractivity contribution in [1.82, 2.24) is 14.9 Å². The fourth-order valence-electron chi connectivity index (χ4n) is 2.20. The van der Waals surface area contributed by atoms with E-state index in [4.69, 9.17) is 5.73 Å². The Kier molecular flexibility index (Phi) is 4.15. The van der Waals surface area contributed by atoms with E-state index in [2.05, 4.69) is 14.9 Å². The van der Waals surface area contributed by atoms with Crippen molar-refractivity contribution >= 4 is 11.8 Å². The van der Waals surface area contributed by atoms with Gasteiger partial charge in [-0.05, 0) is 25.6 Å². The average molecular weight is 238 g/mol. The van der Waals surface area contributed by atoms with Gasteiger partial charge in [0.05, 0.1) is 5.69 Å². The molecule has 0 radical (unpaired) electrons. The van der Waals surface area contributed by atoms with E-state index in [1.807, 2.05) is 6.26 Å². The lowest BCUT2D eigenvalue weighted by atomic mass is 10.2. The third-order valence-corrected chi connectivity index (χ3v) is 3.78. The molecule has 2 rings (SSSR count). The molecule has 1 aliphatic rings. The summed E-state index contributed by atoms with van der Waals surface area (Å²) in [5, 5.41) is 1.03. The van der Waals surface area contributed by atoms with Crippen LogP contribution in [0.25, 0.3) is 0 Å². The molecule has 0 bridgehead atoms. The molecule has 1 aromatic rings. The standard InChI is InChI=1S/C11H18N4S/c1-16-11-10(13-4-5-14-11)8-15-6-2-3-9(15)7-12/h4-5,9H,2-3,6-8,12H2,1H3/t9-/m1/s1. The fourth-order valence-corrected chi connectivity index (χ4v) is 2.71. The van der Waals surface area contributed by atoms with Crippen LogP contribution in [-0.2, 0) is 6.54 Å². The minimum atomic E-state index is 0.525. The highest BCUT2D eigenvalue weighted by molar-refractivity contribution is 7.98. The van der Waals surface area contributed by atoms with Crippen LogP contribution >= 0.6 is 11.8 Å². The van der Waals surface area contributed by atoms with Gasteiger partial charge in [0.25, 0.3) is 0 Å². The quantitative estimate of drug-likeness (QED) is 0.797. The number of hydrogen-bond acceptors (Lipinski definition) is 5. The van der Waals surface area contributed by atoms with Crippen LogP contribution in [0.4, 0.5) is 0 Å². The summed E-state index contributed by atoms with van der Waals surface area (Å²) in [6.45, 7) is 2.76. The van der Waals surface area contributed by atoms with Crippen molar-refractivity contribution in [2.45, 2.75) is 30.5 Å². The minimum Gasteiger partial charge on any atom is -0.329 e. The molecule has 1 saturated heterocycles. The van der Waals surface area contributed by atoms with E-state index < -0.39 is 0 Å². The van der Waals surface area contributed by atoms with Crippen molar-refractivity contribution in [3.63, 3.8) is 0 Å². The first-order chi connectivity index (χ1) is 7.85. The average Bonchev–Trinajstić information content (AvgIpc) is 2.77. The van der Waals surface area contributed by atoms with Gasteiger partial charge in [-0.1, -0.05) is 0 Å². The molecule has 1 atom stereocenters. The highest BCUT2D eigenvalue weighted by Crippen LogP contribution is 2.22. The lowest BCUT2D eigenvalue weighted by Gasteiger charge is -2.23. The Balaban J connectivity index is 2.08. The molecule has 88 valence electrons. The molecule has 0 aliphatic carbocycles. The zero-order valence-electron chi connectivity index (χ0n) is 9.59. The molecule has 1 aromatic heterocycles. The Hall–Kier alpha value is -0.650. The van der Waals surface area contributed by atoms with Crippen molar-refractivity contribution < 1.29 is 0 Å². The second kappa shape index (κ2) is 5.61. The third kappa shape index (κ3) is 2.53. The maximum atomic E-state index is 5.77. The predicted molar refractivity (Wildman–Crippen MR) is 66.3 cm³/mol. The van der Waals surface area contributed by atoms with Gasteiger partial charge in [-0.15, -0.1) is 11.8 Å². The minimum absolute atomic E-state index is 0.525. The van der Waals surface area contributed by atoms with Crippen molar-refractivity contribution in [3.05, 3.63) is 18.1 Å². The van der Waals surface area contributed by atoms with E-state index in [9.17, 15) is 0 Å². The van der Waals surface area contributed by atoms with Crippen molar-refractivity contribution in [3.8, 4) is 0 Å². The maximum absolute atomic E-state index is 5.77. The number of hydrogen-bond donors (Lipinski definition) is 1. The zero-order valence-corrected chi connectivity index (χ0v) is 10.4. The van der Waals surface area contributed by atoms with Crippen LogP contribution in [0.2, 0.25) is 0 Å². The van der Waals surface area contributed by atoms with Crippen LogP contribution < -0.4 is 5.73 Å². The van der Waals surface area contributed by atoms with Gasteiger partial charge in [0, 0.05) is 31.5 Å². The molecule has 0 saturated carbocycles. The van der Waals surface area contributed by atoms with Gasteiger partial charge in [-0.25, -0.2) is 4.98 Å². The van der Waals surface area contributed by atoms with Crippen LogP contribution in [0.3, 0.4) is 0 Å². The molecule has 16 heavy (non-hydrogen) atoms. The van der Waals surface area contributed by atoms with Crippen LogP contribution in [-0.4, -0.2) is 40.3 Å². The first kappa shape index (κ1) is 11.8. The van der Waals surface area contributed by atoms with Gasteiger partial charge in [0.15, 0.2) is 0 Å². The second-order valence-corrected chi connectivity index (χ2v) is 4.81. The van der Waals surface area contributed by atoms with Crippen molar-refractivity contribution in [1.29, 1.82) is 0 Å². The number of nitrogens with two attached hydrogens (primary N) is 1. The summed E-state index contributed by atoms with van der Waals surface area (Å²) >= 11 is 1.66. The molecule has 0 amide bonds. The highest BCUT2D eigenvalue weighted by Gasteiger charge is 2.24. The number of thioether (sulfide) groups is 1. The molecular formula is C11H18N4S. The lowest BCUT2D eigenvalue weighted by Crippen LogP contribution is -2.35. The molecule has 0 spiro atoms. The van der Waals surface area contributed by atoms with Crippen molar-refractivity contribution in [2.24, 2.45) is 5.73 Å². The van der Waals surface area contributed by atoms with E-state index in [0.717, 1.165) is 30.4 Å². The number of nitrogens with zero attached hydrogens (tertiary/aromatic N) is 3. The van der Waals surface area contributed by atoms with Crippen LogP contribution in [0.5, 0.6) is 0 Å². The monoisotopic (exact) mass is 238 g/mol. The van der Waals surface area contributed by atoms with Gasteiger partial charge in [0.2, 0.25) is 0 Å². The molecule has 0 aromatic carbocycles. The topological polar surface area (TPSA) is 55.0 Å². The summed E-state index contributed by atoms with van der Waals surface area (Å²) in [5.74, 6) is 0. The Morgan fingerprint density at radius 3 is 3.06 bits per heavy atom. The molecule has 1 aliphatic heterocycles. The Morgan fingerprint density at radius 2 is 2.31 bits per heavy atom. The Morgan fingerprint density at radius 1 is 1.50 bits per heavy atom. The molecule has 5 heteroatoms. The number of rotatable bonds is 4. The van der Waals surface area contributed by atoms with Gasteiger partial charge in [0.1, 0.15) is 5.03 Å². The van der Waals surface area contributed by atoms with Gasteiger partial charge in [-0.3, -0.25) is 9.88 Å². The summed E-state index contributed by atoms with van der Waals surface area (Å²) in [6, 6.07) is 0.525. The van der Waals surface area contributed by atoms with Gasteiger partial charge in [-0.2, -0.15) is 0 Å². The van der Waals surface area contributed by atoms with E-state index in [1.165, 1.54) is 12.8 Å². The van der Waals surface area contributed by atoms with Gasteiger partial charge >= 0.3 is 0 Å². The normalized spacial score (nSPS) is 21.5. The third-order valence-electron chi connectivity index (χ3n) is 3.05. The molecular weight excluding hydrogens is 220 g/mol. The van der Waals surface area contributed by atoms with E-state index in [-0.39, 0.29) is 0 Å². The first-order valence-electron chi connectivity index (χ1n) is 5.63. The molecule has 1 fully saturated rings. The van der Waals surface area contributed by atoms with Crippen LogP contribution in [0.15, 0.2) is 17.4 Å². The highest BCUT2D eigenvalue weighted by atomic mass is 32.2. The smallest absolute Gasteiger partial charge is 0.119 e. The SMILES string of the molecule is CSc1nccnc1CN1CCC[C@@H]1CN. The summed E-state index contributed by atoms with van der Waals surface area (Å²) in [6.07, 6.45) is 8.02.